The summed E-state index contributed by atoms with van der Waals surface area (Å²) in [6.07, 6.45) is 0.384. The van der Waals surface area contributed by atoms with Gasteiger partial charge in [0.1, 0.15) is 12.4 Å². The number of para-hydroxylation sites is 1. The highest BCUT2D eigenvalue weighted by atomic mass is 16.2. The van der Waals surface area contributed by atoms with Gasteiger partial charge in [0, 0.05) is 30.2 Å². The van der Waals surface area contributed by atoms with Crippen LogP contribution in [0.4, 0.5) is 22.0 Å². The lowest BCUT2D eigenvalue weighted by Crippen LogP contribution is -2.51. The zero-order valence-corrected chi connectivity index (χ0v) is 20.6. The van der Waals surface area contributed by atoms with E-state index in [9.17, 15) is 14.4 Å². The Bertz CT molecular complexity index is 1340. The molecule has 0 fully saturated rings. The molecule has 2 N–H and O–H groups in total. The van der Waals surface area contributed by atoms with E-state index in [4.69, 9.17) is 0 Å². The molecule has 2 heterocycles. The van der Waals surface area contributed by atoms with Gasteiger partial charge < -0.3 is 10.6 Å². The second kappa shape index (κ2) is 10.4. The number of hydrogen-bond donors (Lipinski definition) is 2. The van der Waals surface area contributed by atoms with Crippen LogP contribution in [0.15, 0.2) is 71.9 Å². The molecule has 4 amide bonds. The van der Waals surface area contributed by atoms with E-state index in [0.29, 0.717) is 22.9 Å². The number of fused-ring (bicyclic) bond motifs is 1. The second-order valence-corrected chi connectivity index (χ2v) is 8.62. The summed E-state index contributed by atoms with van der Waals surface area (Å²) in [7, 11) is 1.61. The number of nitrogens with zero attached hydrogens (tertiary/aromatic N) is 4. The minimum absolute atomic E-state index is 0.246. The molecule has 36 heavy (non-hydrogen) atoms. The van der Waals surface area contributed by atoms with Crippen LogP contribution >= 0.6 is 0 Å². The Kier molecular flexibility index (Phi) is 7.10. The molecule has 1 atom stereocenters. The highest BCUT2D eigenvalue weighted by molar-refractivity contribution is 6.15. The summed E-state index contributed by atoms with van der Waals surface area (Å²) in [6.45, 7) is 5.33. The number of benzene rings is 2. The van der Waals surface area contributed by atoms with E-state index >= 15 is 0 Å². The van der Waals surface area contributed by atoms with Crippen molar-refractivity contribution in [3.05, 3.63) is 83.6 Å². The SMILES string of the molecule is CC1=NC(NC(=O)Nc2cccc(C)c2)C(=O)N(CC(=O)N(C)c2ccccn2)c2c(C)cccc21. The van der Waals surface area contributed by atoms with Gasteiger partial charge in [0.2, 0.25) is 12.1 Å². The minimum Gasteiger partial charge on any atom is -0.308 e. The fourth-order valence-corrected chi connectivity index (χ4v) is 4.07. The number of hydrogen-bond acceptors (Lipinski definition) is 5. The molecule has 0 saturated carbocycles. The van der Waals surface area contributed by atoms with Gasteiger partial charge in [-0.2, -0.15) is 0 Å². The Morgan fingerprint density at radius 3 is 2.53 bits per heavy atom. The molecule has 9 heteroatoms. The van der Waals surface area contributed by atoms with Gasteiger partial charge in [-0.15, -0.1) is 0 Å². The van der Waals surface area contributed by atoms with Gasteiger partial charge in [0.25, 0.3) is 5.91 Å². The predicted molar refractivity (Wildman–Crippen MR) is 141 cm³/mol. The first-order chi connectivity index (χ1) is 17.2. The van der Waals surface area contributed by atoms with E-state index in [1.807, 2.05) is 50.2 Å². The normalized spacial score (nSPS) is 14.9. The zero-order chi connectivity index (χ0) is 25.8. The van der Waals surface area contributed by atoms with Gasteiger partial charge in [-0.3, -0.25) is 24.4 Å². The summed E-state index contributed by atoms with van der Waals surface area (Å²) in [5.41, 5.74) is 4.29. The van der Waals surface area contributed by atoms with E-state index < -0.39 is 18.1 Å². The van der Waals surface area contributed by atoms with Gasteiger partial charge >= 0.3 is 6.03 Å². The number of amides is 4. The summed E-state index contributed by atoms with van der Waals surface area (Å²) in [5, 5.41) is 5.40. The Morgan fingerprint density at radius 2 is 1.81 bits per heavy atom. The molecule has 0 saturated heterocycles. The smallest absolute Gasteiger partial charge is 0.308 e. The number of aliphatic imine (C=N–C) groups is 1. The summed E-state index contributed by atoms with van der Waals surface area (Å²) < 4.78 is 0. The maximum Gasteiger partial charge on any atom is 0.321 e. The Morgan fingerprint density at radius 1 is 1.03 bits per heavy atom. The largest absolute Gasteiger partial charge is 0.321 e. The summed E-state index contributed by atoms with van der Waals surface area (Å²) in [6, 6.07) is 17.6. The van der Waals surface area contributed by atoms with Crippen LogP contribution in [-0.2, 0) is 9.59 Å². The highest BCUT2D eigenvalue weighted by Gasteiger charge is 2.34. The van der Waals surface area contributed by atoms with Crippen LogP contribution in [0.2, 0.25) is 0 Å². The van der Waals surface area contributed by atoms with Crippen molar-refractivity contribution in [2.24, 2.45) is 4.99 Å². The van der Waals surface area contributed by atoms with Crippen molar-refractivity contribution in [1.29, 1.82) is 0 Å². The number of anilines is 3. The summed E-state index contributed by atoms with van der Waals surface area (Å²) >= 11 is 0. The van der Waals surface area contributed by atoms with Crippen LogP contribution in [0.1, 0.15) is 23.6 Å². The van der Waals surface area contributed by atoms with Crippen molar-refractivity contribution in [2.75, 3.05) is 28.7 Å². The van der Waals surface area contributed by atoms with E-state index in [-0.39, 0.29) is 12.5 Å². The molecule has 0 bridgehead atoms. The molecule has 184 valence electrons. The number of pyridine rings is 1. The number of rotatable bonds is 5. The van der Waals surface area contributed by atoms with Crippen molar-refractivity contribution >= 4 is 40.7 Å². The van der Waals surface area contributed by atoms with Crippen LogP contribution < -0.4 is 20.4 Å². The van der Waals surface area contributed by atoms with E-state index in [1.165, 1.54) is 9.80 Å². The fraction of sp³-hybridized carbons (Fsp3) is 0.222. The molecule has 1 aromatic heterocycles. The minimum atomic E-state index is -1.21. The van der Waals surface area contributed by atoms with E-state index in [1.54, 1.807) is 44.4 Å². The molecule has 1 aliphatic rings. The number of benzodiazepines with no additional fused rings is 1. The third-order valence-electron chi connectivity index (χ3n) is 5.92. The number of urea groups is 1. The molecular weight excluding hydrogens is 456 g/mol. The third kappa shape index (κ3) is 5.25. The topological polar surface area (TPSA) is 107 Å². The van der Waals surface area contributed by atoms with Gasteiger partial charge in [0.05, 0.1) is 5.69 Å². The molecule has 4 rings (SSSR count). The average Bonchev–Trinajstić information content (AvgIpc) is 2.95. The summed E-state index contributed by atoms with van der Waals surface area (Å²) in [5.74, 6) is -0.377. The highest BCUT2D eigenvalue weighted by Crippen LogP contribution is 2.29. The first-order valence-corrected chi connectivity index (χ1v) is 11.5. The monoisotopic (exact) mass is 484 g/mol. The first-order valence-electron chi connectivity index (χ1n) is 11.5. The fourth-order valence-electron chi connectivity index (χ4n) is 4.07. The van der Waals surface area contributed by atoms with Crippen LogP contribution in [0.25, 0.3) is 0 Å². The Hall–Kier alpha value is -4.53. The van der Waals surface area contributed by atoms with E-state index in [0.717, 1.165) is 16.7 Å². The molecule has 0 radical (unpaired) electrons. The van der Waals surface area contributed by atoms with Gasteiger partial charge in [0.15, 0.2) is 0 Å². The maximum absolute atomic E-state index is 13.7. The van der Waals surface area contributed by atoms with Gasteiger partial charge in [-0.25, -0.2) is 9.78 Å². The lowest BCUT2D eigenvalue weighted by molar-refractivity contribution is -0.123. The number of likely N-dealkylation sites (N-methyl/N-ethyl adjacent to an activating group) is 1. The molecule has 1 unspecified atom stereocenters. The first kappa shape index (κ1) is 24.6. The van der Waals surface area contributed by atoms with E-state index in [2.05, 4.69) is 20.6 Å². The average molecular weight is 485 g/mol. The number of nitrogens with one attached hydrogen (secondary N) is 2. The van der Waals surface area contributed by atoms with Crippen molar-refractivity contribution in [1.82, 2.24) is 10.3 Å². The van der Waals surface area contributed by atoms with Crippen molar-refractivity contribution in [2.45, 2.75) is 26.9 Å². The molecule has 2 aromatic carbocycles. The second-order valence-electron chi connectivity index (χ2n) is 8.62. The third-order valence-corrected chi connectivity index (χ3v) is 5.92. The quantitative estimate of drug-likeness (QED) is 0.576. The molecule has 0 aliphatic carbocycles. The predicted octanol–water partition coefficient (Wildman–Crippen LogP) is 3.66. The van der Waals surface area contributed by atoms with Gasteiger partial charge in [-0.1, -0.05) is 36.4 Å². The van der Waals surface area contributed by atoms with Gasteiger partial charge in [-0.05, 0) is 56.2 Å². The number of aryl methyl sites for hydroxylation is 2. The Balaban J connectivity index is 1.63. The number of carbonyl (C=O) groups is 3. The molecule has 1 aliphatic heterocycles. The zero-order valence-electron chi connectivity index (χ0n) is 20.6. The van der Waals surface area contributed by atoms with Crippen molar-refractivity contribution < 1.29 is 14.4 Å². The summed E-state index contributed by atoms with van der Waals surface area (Å²) in [4.78, 5) is 51.3. The van der Waals surface area contributed by atoms with Crippen molar-refractivity contribution in [3.63, 3.8) is 0 Å². The standard InChI is InChI=1S/C27H28N6O3/c1-17-9-7-11-20(15-17)30-27(36)31-25-26(35)33(16-23(34)32(4)22-13-5-6-14-28-22)24-18(2)10-8-12-21(24)19(3)29-25/h5-15,25H,16H2,1-4H3,(H2,30,31,36). The van der Waals surface area contributed by atoms with Crippen LogP contribution in [0.3, 0.4) is 0 Å². The lowest BCUT2D eigenvalue weighted by atomic mass is 10.0. The molecule has 9 nitrogen and oxygen atoms in total. The van der Waals surface area contributed by atoms with Crippen molar-refractivity contribution in [3.8, 4) is 0 Å². The van der Waals surface area contributed by atoms with Crippen LogP contribution in [0, 0.1) is 13.8 Å². The maximum atomic E-state index is 13.7. The molecule has 3 aromatic rings. The lowest BCUT2D eigenvalue weighted by Gasteiger charge is -2.28. The Labute approximate surface area is 209 Å². The number of carbonyl (C=O) groups excluding carboxylic acids is 3. The molecule has 0 spiro atoms. The molecular formula is C27H28N6O3. The van der Waals surface area contributed by atoms with Crippen LogP contribution in [0.5, 0.6) is 0 Å². The van der Waals surface area contributed by atoms with Crippen LogP contribution in [-0.4, -0.2) is 48.3 Å². The number of aromatic nitrogens is 1.